The average Bonchev–Trinajstić information content (AvgIpc) is 3.27. The van der Waals surface area contributed by atoms with E-state index in [-0.39, 0.29) is 23.8 Å². The summed E-state index contributed by atoms with van der Waals surface area (Å²) in [5.74, 6) is 0.343. The summed E-state index contributed by atoms with van der Waals surface area (Å²) in [6.07, 6.45) is 0.669. The zero-order chi connectivity index (χ0) is 26.7. The minimum absolute atomic E-state index is 0.00373. The molecule has 3 aromatic carbocycles. The third-order valence-corrected chi connectivity index (χ3v) is 8.51. The Morgan fingerprint density at radius 3 is 1.87 bits per heavy atom. The van der Waals surface area contributed by atoms with Crippen LogP contribution in [0.4, 0.5) is 0 Å². The Morgan fingerprint density at radius 2 is 1.42 bits per heavy atom. The van der Waals surface area contributed by atoms with Crippen molar-refractivity contribution >= 4 is 23.6 Å². The second kappa shape index (κ2) is 11.2. The summed E-state index contributed by atoms with van der Waals surface area (Å²) >= 11 is 1.58. The summed E-state index contributed by atoms with van der Waals surface area (Å²) in [6, 6.07) is 29.5. The third kappa shape index (κ3) is 4.56. The molecule has 2 unspecified atom stereocenters. The zero-order valence-electron chi connectivity index (χ0n) is 22.0. The number of β-lactam (4-membered cyclic amide) rings is 1. The molecule has 2 atom stereocenters. The van der Waals surface area contributed by atoms with Crippen LogP contribution in [0.2, 0.25) is 0 Å². The van der Waals surface area contributed by atoms with Gasteiger partial charge >= 0.3 is 5.97 Å². The average molecular weight is 528 g/mol. The van der Waals surface area contributed by atoms with E-state index < -0.39 is 11.6 Å². The summed E-state index contributed by atoms with van der Waals surface area (Å²) in [6.45, 7) is 4.70. The van der Waals surface area contributed by atoms with Crippen molar-refractivity contribution in [3.63, 3.8) is 0 Å². The fraction of sp³-hybridized carbons (Fsp3) is 0.312. The second-order valence-electron chi connectivity index (χ2n) is 10.0. The lowest BCUT2D eigenvalue weighted by Crippen LogP contribution is -2.60. The molecule has 38 heavy (non-hydrogen) atoms. The second-order valence-corrected chi connectivity index (χ2v) is 11.2. The normalized spacial score (nSPS) is 18.9. The predicted octanol–water partition coefficient (Wildman–Crippen LogP) is 6.00. The molecule has 2 aliphatic heterocycles. The van der Waals surface area contributed by atoms with E-state index in [9.17, 15) is 9.59 Å². The Balaban J connectivity index is 1.62. The van der Waals surface area contributed by atoms with Crippen LogP contribution in [-0.4, -0.2) is 42.3 Å². The van der Waals surface area contributed by atoms with Gasteiger partial charge in [-0.1, -0.05) is 105 Å². The number of amides is 1. The number of rotatable bonds is 10. The molecule has 0 N–H and O–H groups in total. The van der Waals surface area contributed by atoms with Gasteiger partial charge < -0.3 is 14.4 Å². The van der Waals surface area contributed by atoms with E-state index in [1.54, 1.807) is 23.8 Å². The van der Waals surface area contributed by atoms with Gasteiger partial charge in [0.05, 0.1) is 18.6 Å². The number of fused-ring (bicyclic) bond motifs is 1. The molecule has 1 fully saturated rings. The Labute approximate surface area is 228 Å². The minimum atomic E-state index is -1.19. The molecule has 2 heterocycles. The maximum atomic E-state index is 14.3. The fourth-order valence-electron chi connectivity index (χ4n) is 5.68. The van der Waals surface area contributed by atoms with Gasteiger partial charge in [-0.25, -0.2) is 4.79 Å². The van der Waals surface area contributed by atoms with Crippen molar-refractivity contribution in [1.82, 2.24) is 4.90 Å². The highest BCUT2D eigenvalue weighted by molar-refractivity contribution is 8.03. The highest BCUT2D eigenvalue weighted by Crippen LogP contribution is 2.50. The van der Waals surface area contributed by atoms with E-state index in [0.717, 1.165) is 21.6 Å². The Hall–Kier alpha value is -3.35. The molecule has 2 aliphatic rings. The van der Waals surface area contributed by atoms with Gasteiger partial charge in [-0.05, 0) is 5.92 Å². The van der Waals surface area contributed by atoms with Crippen molar-refractivity contribution < 1.29 is 19.1 Å². The first-order valence-corrected chi connectivity index (χ1v) is 14.1. The lowest BCUT2D eigenvalue weighted by Gasteiger charge is -2.46. The molecule has 0 bridgehead atoms. The van der Waals surface area contributed by atoms with Crippen molar-refractivity contribution in [3.8, 4) is 0 Å². The Morgan fingerprint density at radius 1 is 0.921 bits per heavy atom. The van der Waals surface area contributed by atoms with Crippen molar-refractivity contribution in [2.45, 2.75) is 31.9 Å². The topological polar surface area (TPSA) is 55.8 Å². The lowest BCUT2D eigenvalue weighted by atomic mass is 9.79. The number of methoxy groups -OCH3 is 1. The SMILES string of the molecule is COCCSC1=C(C(=O)OC(c2ccccc2)(c2ccccc2)c2ccccc2)N2C(=O)C(C(C)C)C2C1. The molecule has 0 spiro atoms. The molecule has 1 amide bonds. The standard InChI is InChI=1S/C32H33NO4S/c1-22(2)28-26-21-27(38-20-19-36-3)29(33(26)30(28)34)31(35)37-32(23-13-7-4-8-14-23,24-15-9-5-10-16-24)25-17-11-6-12-18-25/h4-18,22,26,28H,19-21H2,1-3H3. The van der Waals surface area contributed by atoms with E-state index >= 15 is 0 Å². The highest BCUT2D eigenvalue weighted by atomic mass is 32.2. The van der Waals surface area contributed by atoms with Gasteiger partial charge in [-0.3, -0.25) is 4.79 Å². The van der Waals surface area contributed by atoms with Gasteiger partial charge in [0.25, 0.3) is 0 Å². The number of carbonyl (C=O) groups excluding carboxylic acids is 2. The van der Waals surface area contributed by atoms with Crippen molar-refractivity contribution in [2.24, 2.45) is 11.8 Å². The number of hydrogen-bond donors (Lipinski definition) is 0. The molecular formula is C32H33NO4S. The molecule has 0 saturated carbocycles. The predicted molar refractivity (Wildman–Crippen MR) is 150 cm³/mol. The number of benzene rings is 3. The fourth-order valence-corrected chi connectivity index (χ4v) is 6.79. The van der Waals surface area contributed by atoms with Gasteiger partial charge in [0.2, 0.25) is 5.91 Å². The summed E-state index contributed by atoms with van der Waals surface area (Å²) in [4.78, 5) is 30.2. The van der Waals surface area contributed by atoms with Crippen LogP contribution < -0.4 is 0 Å². The smallest absolute Gasteiger partial charge is 0.357 e. The van der Waals surface area contributed by atoms with Crippen LogP contribution in [0, 0.1) is 11.8 Å². The molecule has 6 heteroatoms. The quantitative estimate of drug-likeness (QED) is 0.140. The van der Waals surface area contributed by atoms with E-state index in [0.29, 0.717) is 24.5 Å². The summed E-state index contributed by atoms with van der Waals surface area (Å²) in [5, 5.41) is 0. The molecular weight excluding hydrogens is 494 g/mol. The molecule has 3 aromatic rings. The molecule has 0 aliphatic carbocycles. The number of esters is 1. The van der Waals surface area contributed by atoms with Crippen LogP contribution in [0.5, 0.6) is 0 Å². The molecule has 0 aromatic heterocycles. The maximum Gasteiger partial charge on any atom is 0.357 e. The van der Waals surface area contributed by atoms with Crippen molar-refractivity contribution in [3.05, 3.63) is 118 Å². The van der Waals surface area contributed by atoms with Crippen LogP contribution in [0.1, 0.15) is 37.0 Å². The Bertz CT molecular complexity index is 1210. The van der Waals surface area contributed by atoms with Gasteiger partial charge in [-0.2, -0.15) is 0 Å². The minimum Gasteiger partial charge on any atom is -0.440 e. The maximum absolute atomic E-state index is 14.3. The largest absolute Gasteiger partial charge is 0.440 e. The number of thioether (sulfide) groups is 1. The monoisotopic (exact) mass is 527 g/mol. The van der Waals surface area contributed by atoms with Crippen LogP contribution in [-0.2, 0) is 24.7 Å². The summed E-state index contributed by atoms with van der Waals surface area (Å²) in [7, 11) is 1.66. The first kappa shape index (κ1) is 26.3. The van der Waals surface area contributed by atoms with Crippen LogP contribution >= 0.6 is 11.8 Å². The number of hydrogen-bond acceptors (Lipinski definition) is 5. The van der Waals surface area contributed by atoms with E-state index in [1.807, 2.05) is 91.0 Å². The number of ether oxygens (including phenoxy) is 2. The summed E-state index contributed by atoms with van der Waals surface area (Å²) < 4.78 is 11.9. The van der Waals surface area contributed by atoms with Crippen LogP contribution in [0.15, 0.2) is 102 Å². The first-order valence-electron chi connectivity index (χ1n) is 13.1. The Kier molecular flexibility index (Phi) is 7.73. The zero-order valence-corrected chi connectivity index (χ0v) is 22.8. The lowest BCUT2D eigenvalue weighted by molar-refractivity contribution is -0.162. The molecule has 1 saturated heterocycles. The molecule has 5 rings (SSSR count). The van der Waals surface area contributed by atoms with Crippen molar-refractivity contribution in [1.29, 1.82) is 0 Å². The van der Waals surface area contributed by atoms with Gasteiger partial charge in [0, 0.05) is 40.9 Å². The van der Waals surface area contributed by atoms with Crippen LogP contribution in [0.3, 0.4) is 0 Å². The molecule has 196 valence electrons. The third-order valence-electron chi connectivity index (χ3n) is 7.43. The van der Waals surface area contributed by atoms with Gasteiger partial charge in [-0.15, -0.1) is 11.8 Å². The van der Waals surface area contributed by atoms with Gasteiger partial charge in [0.15, 0.2) is 5.60 Å². The van der Waals surface area contributed by atoms with Gasteiger partial charge in [0.1, 0.15) is 5.70 Å². The molecule has 5 nitrogen and oxygen atoms in total. The van der Waals surface area contributed by atoms with E-state index in [2.05, 4.69) is 13.8 Å². The summed E-state index contributed by atoms with van der Waals surface area (Å²) in [5.41, 5.74) is 1.70. The van der Waals surface area contributed by atoms with E-state index in [1.165, 1.54) is 0 Å². The number of nitrogens with zero attached hydrogens (tertiary/aromatic N) is 1. The van der Waals surface area contributed by atoms with Crippen molar-refractivity contribution in [2.75, 3.05) is 19.5 Å². The van der Waals surface area contributed by atoms with Crippen LogP contribution in [0.25, 0.3) is 0 Å². The highest BCUT2D eigenvalue weighted by Gasteiger charge is 2.57. The first-order chi connectivity index (χ1) is 18.5. The molecule has 0 radical (unpaired) electrons. The number of carbonyl (C=O) groups is 2. The van der Waals surface area contributed by atoms with E-state index in [4.69, 9.17) is 9.47 Å².